The number of hydrogen-bond donors (Lipinski definition) is 1. The molecule has 2 heteroatoms. The van der Waals surface area contributed by atoms with Crippen molar-refractivity contribution < 1.29 is 0 Å². The fraction of sp³-hybridized carbons (Fsp3) is 0.538. The van der Waals surface area contributed by atoms with E-state index in [1.165, 1.54) is 11.1 Å². The normalized spacial score (nSPS) is 12.7. The van der Waals surface area contributed by atoms with Gasteiger partial charge in [-0.1, -0.05) is 26.0 Å². The number of thiophene rings is 1. The van der Waals surface area contributed by atoms with Gasteiger partial charge in [0, 0.05) is 6.04 Å². The summed E-state index contributed by atoms with van der Waals surface area (Å²) in [7, 11) is 0. The van der Waals surface area contributed by atoms with Crippen LogP contribution >= 0.6 is 11.3 Å². The van der Waals surface area contributed by atoms with Crippen molar-refractivity contribution in [3.8, 4) is 0 Å². The molecule has 0 aliphatic rings. The quantitative estimate of drug-likeness (QED) is 0.696. The summed E-state index contributed by atoms with van der Waals surface area (Å²) in [6.07, 6.45) is 3.31. The Hall–Kier alpha value is -0.600. The second kappa shape index (κ2) is 6.81. The molecule has 1 aromatic rings. The van der Waals surface area contributed by atoms with Crippen molar-refractivity contribution in [1.29, 1.82) is 0 Å². The highest BCUT2D eigenvalue weighted by Gasteiger charge is 2.09. The maximum atomic E-state index is 4.09. The average Bonchev–Trinajstić information content (AvgIpc) is 2.70. The number of nitrogens with one attached hydrogen (secondary N) is 1. The molecule has 0 radical (unpaired) electrons. The molecule has 1 N–H and O–H groups in total. The zero-order valence-electron chi connectivity index (χ0n) is 9.75. The smallest absolute Gasteiger partial charge is 0.0145 e. The zero-order valence-corrected chi connectivity index (χ0v) is 10.6. The molecular weight excluding hydrogens is 202 g/mol. The Bertz CT molecular complexity index is 277. The van der Waals surface area contributed by atoms with Crippen LogP contribution in [-0.2, 0) is 6.42 Å². The average molecular weight is 223 g/mol. The van der Waals surface area contributed by atoms with Crippen molar-refractivity contribution in [3.05, 3.63) is 34.5 Å². The first-order chi connectivity index (χ1) is 7.26. The molecule has 0 spiro atoms. The van der Waals surface area contributed by atoms with Gasteiger partial charge in [0.05, 0.1) is 0 Å². The van der Waals surface area contributed by atoms with Crippen molar-refractivity contribution in [1.82, 2.24) is 5.32 Å². The second-order valence-corrected chi connectivity index (χ2v) is 4.68. The summed E-state index contributed by atoms with van der Waals surface area (Å²) in [6, 6.07) is 2.76. The van der Waals surface area contributed by atoms with Crippen LogP contribution in [0.1, 0.15) is 32.3 Å². The monoisotopic (exact) mass is 223 g/mol. The second-order valence-electron chi connectivity index (χ2n) is 3.90. The molecule has 84 valence electrons. The molecule has 0 saturated heterocycles. The van der Waals surface area contributed by atoms with E-state index in [2.05, 4.69) is 42.6 Å². The summed E-state index contributed by atoms with van der Waals surface area (Å²) in [6.45, 7) is 9.46. The Labute approximate surface area is 97.2 Å². The van der Waals surface area contributed by atoms with E-state index in [9.17, 15) is 0 Å². The Morgan fingerprint density at radius 1 is 1.53 bits per heavy atom. The first kappa shape index (κ1) is 12.5. The molecule has 0 bridgehead atoms. The van der Waals surface area contributed by atoms with Crippen LogP contribution in [0.5, 0.6) is 0 Å². The lowest BCUT2D eigenvalue weighted by molar-refractivity contribution is 0.516. The van der Waals surface area contributed by atoms with Crippen molar-refractivity contribution >= 4 is 11.3 Å². The highest BCUT2D eigenvalue weighted by molar-refractivity contribution is 7.07. The molecule has 0 aromatic carbocycles. The molecule has 0 aliphatic carbocycles. The van der Waals surface area contributed by atoms with Crippen LogP contribution in [0.2, 0.25) is 0 Å². The standard InChI is InChI=1S/C13H21NS/c1-4-11(3)8-13(14-5-2)9-12-6-7-15-10-12/h6-7,10,13-14H,3-5,8-9H2,1-2H3. The van der Waals surface area contributed by atoms with Gasteiger partial charge in [-0.25, -0.2) is 0 Å². The largest absolute Gasteiger partial charge is 0.314 e. The highest BCUT2D eigenvalue weighted by Crippen LogP contribution is 2.14. The van der Waals surface area contributed by atoms with E-state index in [4.69, 9.17) is 0 Å². The van der Waals surface area contributed by atoms with Crippen LogP contribution in [0.25, 0.3) is 0 Å². The predicted molar refractivity (Wildman–Crippen MR) is 69.5 cm³/mol. The fourth-order valence-corrected chi connectivity index (χ4v) is 2.37. The lowest BCUT2D eigenvalue weighted by Gasteiger charge is -2.18. The van der Waals surface area contributed by atoms with E-state index in [1.54, 1.807) is 11.3 Å². The van der Waals surface area contributed by atoms with E-state index < -0.39 is 0 Å². The summed E-state index contributed by atoms with van der Waals surface area (Å²) in [5.74, 6) is 0. The Kier molecular flexibility index (Phi) is 5.66. The molecule has 0 fully saturated rings. The third kappa shape index (κ3) is 4.63. The molecule has 1 rings (SSSR count). The Balaban J connectivity index is 2.46. The van der Waals surface area contributed by atoms with E-state index in [0.717, 1.165) is 25.8 Å². The zero-order chi connectivity index (χ0) is 11.1. The van der Waals surface area contributed by atoms with Gasteiger partial charge in [0.1, 0.15) is 0 Å². The molecule has 1 heterocycles. The summed E-state index contributed by atoms with van der Waals surface area (Å²) < 4.78 is 0. The van der Waals surface area contributed by atoms with Gasteiger partial charge >= 0.3 is 0 Å². The fourth-order valence-electron chi connectivity index (χ4n) is 1.69. The van der Waals surface area contributed by atoms with E-state index in [0.29, 0.717) is 6.04 Å². The van der Waals surface area contributed by atoms with Gasteiger partial charge in [0.25, 0.3) is 0 Å². The molecule has 15 heavy (non-hydrogen) atoms. The van der Waals surface area contributed by atoms with Crippen molar-refractivity contribution in [2.75, 3.05) is 6.54 Å². The minimum Gasteiger partial charge on any atom is -0.314 e. The van der Waals surface area contributed by atoms with Crippen molar-refractivity contribution in [2.24, 2.45) is 0 Å². The number of rotatable bonds is 7. The van der Waals surface area contributed by atoms with Crippen LogP contribution in [-0.4, -0.2) is 12.6 Å². The molecule has 1 unspecified atom stereocenters. The van der Waals surface area contributed by atoms with Gasteiger partial charge in [0.15, 0.2) is 0 Å². The number of hydrogen-bond acceptors (Lipinski definition) is 2. The molecule has 0 amide bonds. The van der Waals surface area contributed by atoms with Gasteiger partial charge in [-0.05, 0) is 48.2 Å². The van der Waals surface area contributed by atoms with Gasteiger partial charge in [0.2, 0.25) is 0 Å². The van der Waals surface area contributed by atoms with Gasteiger partial charge in [-0.3, -0.25) is 0 Å². The minimum atomic E-state index is 0.553. The summed E-state index contributed by atoms with van der Waals surface area (Å²) in [4.78, 5) is 0. The van der Waals surface area contributed by atoms with E-state index in [1.807, 2.05) is 0 Å². The first-order valence-corrected chi connectivity index (χ1v) is 6.61. The van der Waals surface area contributed by atoms with E-state index >= 15 is 0 Å². The number of likely N-dealkylation sites (N-methyl/N-ethyl adjacent to an activating group) is 1. The lowest BCUT2D eigenvalue weighted by atomic mass is 10.00. The van der Waals surface area contributed by atoms with Crippen LogP contribution in [0.4, 0.5) is 0 Å². The topological polar surface area (TPSA) is 12.0 Å². The lowest BCUT2D eigenvalue weighted by Crippen LogP contribution is -2.31. The molecule has 1 atom stereocenters. The molecule has 0 saturated carbocycles. The van der Waals surface area contributed by atoms with Gasteiger partial charge < -0.3 is 5.32 Å². The van der Waals surface area contributed by atoms with Crippen LogP contribution in [0, 0.1) is 0 Å². The molecule has 1 nitrogen and oxygen atoms in total. The minimum absolute atomic E-state index is 0.553. The van der Waals surface area contributed by atoms with Crippen LogP contribution in [0.3, 0.4) is 0 Å². The molecule has 0 aliphatic heterocycles. The van der Waals surface area contributed by atoms with Gasteiger partial charge in [-0.15, -0.1) is 0 Å². The summed E-state index contributed by atoms with van der Waals surface area (Å²) in [5, 5.41) is 7.91. The third-order valence-corrected chi connectivity index (χ3v) is 3.32. The van der Waals surface area contributed by atoms with Crippen LogP contribution < -0.4 is 5.32 Å². The summed E-state index contributed by atoms with van der Waals surface area (Å²) >= 11 is 1.77. The molecule has 1 aromatic heterocycles. The molecular formula is C13H21NS. The maximum absolute atomic E-state index is 4.09. The maximum Gasteiger partial charge on any atom is 0.0145 e. The highest BCUT2D eigenvalue weighted by atomic mass is 32.1. The SMILES string of the molecule is C=C(CC)CC(Cc1ccsc1)NCC. The van der Waals surface area contributed by atoms with Gasteiger partial charge in [-0.2, -0.15) is 11.3 Å². The van der Waals surface area contributed by atoms with Crippen LogP contribution in [0.15, 0.2) is 29.0 Å². The Morgan fingerprint density at radius 2 is 2.33 bits per heavy atom. The van der Waals surface area contributed by atoms with Crippen molar-refractivity contribution in [2.45, 2.75) is 39.2 Å². The Morgan fingerprint density at radius 3 is 2.87 bits per heavy atom. The predicted octanol–water partition coefficient (Wildman–Crippen LogP) is 3.63. The first-order valence-electron chi connectivity index (χ1n) is 5.67. The summed E-state index contributed by atoms with van der Waals surface area (Å²) in [5.41, 5.74) is 2.78. The van der Waals surface area contributed by atoms with E-state index in [-0.39, 0.29) is 0 Å². The third-order valence-electron chi connectivity index (χ3n) is 2.59. The van der Waals surface area contributed by atoms with Crippen molar-refractivity contribution in [3.63, 3.8) is 0 Å².